The Hall–Kier alpha value is -1.91. The van der Waals surface area contributed by atoms with E-state index in [9.17, 15) is 0 Å². The minimum Gasteiger partial charge on any atom is -0.138 e. The standard InChI is InChI=1S/C22H23P/c23-18-10-17-22(19-11-4-1-5-12-19,20-13-6-2-7-14-20)21-15-8-3-9-16-21/h1-9,11-16H,10,17-18,23H2. The molecule has 3 aromatic rings. The summed E-state index contributed by atoms with van der Waals surface area (Å²) in [6, 6.07) is 32.8. The average molecular weight is 318 g/mol. The molecule has 1 heteroatoms. The van der Waals surface area contributed by atoms with Gasteiger partial charge < -0.3 is 0 Å². The van der Waals surface area contributed by atoms with E-state index in [1.807, 2.05) is 0 Å². The lowest BCUT2D eigenvalue weighted by Gasteiger charge is -2.36. The predicted octanol–water partition coefficient (Wildman–Crippen LogP) is 5.68. The van der Waals surface area contributed by atoms with Gasteiger partial charge in [-0.05, 0) is 35.7 Å². The van der Waals surface area contributed by atoms with E-state index in [2.05, 4.69) is 100 Å². The van der Waals surface area contributed by atoms with Gasteiger partial charge in [-0.2, -0.15) is 0 Å². The smallest absolute Gasteiger partial charge is 0.0451 e. The van der Waals surface area contributed by atoms with E-state index in [1.165, 1.54) is 23.1 Å². The van der Waals surface area contributed by atoms with Gasteiger partial charge in [0.15, 0.2) is 0 Å². The molecule has 0 heterocycles. The van der Waals surface area contributed by atoms with Crippen molar-refractivity contribution in [2.24, 2.45) is 0 Å². The molecular formula is C22H23P. The van der Waals surface area contributed by atoms with Crippen LogP contribution in [0.4, 0.5) is 0 Å². The lowest BCUT2D eigenvalue weighted by Crippen LogP contribution is -2.29. The van der Waals surface area contributed by atoms with Crippen molar-refractivity contribution < 1.29 is 0 Å². The quantitative estimate of drug-likeness (QED) is 0.405. The molecule has 0 aliphatic heterocycles. The Labute approximate surface area is 141 Å². The second-order valence-electron chi connectivity index (χ2n) is 5.90. The van der Waals surface area contributed by atoms with Crippen molar-refractivity contribution in [2.45, 2.75) is 18.3 Å². The van der Waals surface area contributed by atoms with E-state index in [-0.39, 0.29) is 5.41 Å². The Bertz CT molecular complexity index is 608. The third kappa shape index (κ3) is 3.23. The van der Waals surface area contributed by atoms with E-state index in [1.54, 1.807) is 0 Å². The summed E-state index contributed by atoms with van der Waals surface area (Å²) < 4.78 is 0. The molecule has 3 aromatic carbocycles. The van der Waals surface area contributed by atoms with Crippen molar-refractivity contribution in [1.29, 1.82) is 0 Å². The van der Waals surface area contributed by atoms with E-state index >= 15 is 0 Å². The zero-order valence-electron chi connectivity index (χ0n) is 13.4. The summed E-state index contributed by atoms with van der Waals surface area (Å²) in [5.41, 5.74) is 4.03. The Morgan fingerprint density at radius 1 is 0.565 bits per heavy atom. The van der Waals surface area contributed by atoms with Gasteiger partial charge in [0.25, 0.3) is 0 Å². The molecule has 0 spiro atoms. The first-order valence-electron chi connectivity index (χ1n) is 8.24. The summed E-state index contributed by atoms with van der Waals surface area (Å²) in [7, 11) is 2.87. The number of hydrogen-bond acceptors (Lipinski definition) is 0. The summed E-state index contributed by atoms with van der Waals surface area (Å²) in [5.74, 6) is 0. The van der Waals surface area contributed by atoms with Crippen molar-refractivity contribution in [3.8, 4) is 0 Å². The third-order valence-electron chi connectivity index (χ3n) is 4.56. The largest absolute Gasteiger partial charge is 0.138 e. The minimum atomic E-state index is -0.0830. The molecule has 0 aromatic heterocycles. The lowest BCUT2D eigenvalue weighted by molar-refractivity contribution is 0.553. The van der Waals surface area contributed by atoms with Gasteiger partial charge in [-0.15, -0.1) is 9.24 Å². The second-order valence-corrected chi connectivity index (χ2v) is 6.47. The number of rotatable bonds is 6. The molecule has 0 amide bonds. The molecular weight excluding hydrogens is 295 g/mol. The van der Waals surface area contributed by atoms with Crippen molar-refractivity contribution >= 4 is 9.24 Å². The highest BCUT2D eigenvalue weighted by Crippen LogP contribution is 2.43. The van der Waals surface area contributed by atoms with Crippen molar-refractivity contribution in [1.82, 2.24) is 0 Å². The summed E-state index contributed by atoms with van der Waals surface area (Å²) in [5, 5.41) is 0. The first-order chi connectivity index (χ1) is 11.4. The van der Waals surface area contributed by atoms with Gasteiger partial charge in [0.05, 0.1) is 0 Å². The van der Waals surface area contributed by atoms with Crippen LogP contribution in [0.1, 0.15) is 29.5 Å². The number of benzene rings is 3. The summed E-state index contributed by atoms with van der Waals surface area (Å²) in [6.45, 7) is 0. The highest BCUT2D eigenvalue weighted by molar-refractivity contribution is 7.16. The lowest BCUT2D eigenvalue weighted by atomic mass is 9.67. The zero-order valence-corrected chi connectivity index (χ0v) is 14.5. The maximum Gasteiger partial charge on any atom is 0.0451 e. The molecule has 0 saturated heterocycles. The minimum absolute atomic E-state index is 0.0830. The van der Waals surface area contributed by atoms with E-state index in [4.69, 9.17) is 0 Å². The van der Waals surface area contributed by atoms with Gasteiger partial charge in [-0.3, -0.25) is 0 Å². The predicted molar refractivity (Wildman–Crippen MR) is 103 cm³/mol. The van der Waals surface area contributed by atoms with Crippen LogP contribution in [0.25, 0.3) is 0 Å². The van der Waals surface area contributed by atoms with Crippen LogP contribution in [-0.4, -0.2) is 6.16 Å². The molecule has 23 heavy (non-hydrogen) atoms. The molecule has 0 saturated carbocycles. The normalized spacial score (nSPS) is 11.3. The van der Waals surface area contributed by atoms with Crippen LogP contribution in [-0.2, 0) is 5.41 Å². The first kappa shape index (κ1) is 16.0. The Morgan fingerprint density at radius 3 is 1.22 bits per heavy atom. The van der Waals surface area contributed by atoms with Gasteiger partial charge in [0.1, 0.15) is 0 Å². The van der Waals surface area contributed by atoms with Crippen molar-refractivity contribution in [2.75, 3.05) is 6.16 Å². The summed E-state index contributed by atoms with van der Waals surface area (Å²) in [4.78, 5) is 0. The van der Waals surface area contributed by atoms with Crippen LogP contribution < -0.4 is 0 Å². The van der Waals surface area contributed by atoms with Gasteiger partial charge >= 0.3 is 0 Å². The highest BCUT2D eigenvalue weighted by atomic mass is 31.0. The van der Waals surface area contributed by atoms with Crippen LogP contribution in [0.2, 0.25) is 0 Å². The molecule has 3 rings (SSSR count). The molecule has 0 N–H and O–H groups in total. The Kier molecular flexibility index (Phi) is 5.26. The monoisotopic (exact) mass is 318 g/mol. The molecule has 116 valence electrons. The molecule has 1 atom stereocenters. The maximum atomic E-state index is 2.87. The van der Waals surface area contributed by atoms with Crippen LogP contribution in [0, 0.1) is 0 Å². The van der Waals surface area contributed by atoms with Crippen LogP contribution in [0.5, 0.6) is 0 Å². The molecule has 0 radical (unpaired) electrons. The zero-order chi connectivity index (χ0) is 16.0. The van der Waals surface area contributed by atoms with Crippen LogP contribution >= 0.6 is 9.24 Å². The summed E-state index contributed by atoms with van der Waals surface area (Å²) >= 11 is 0. The summed E-state index contributed by atoms with van der Waals surface area (Å²) in [6.07, 6.45) is 3.39. The van der Waals surface area contributed by atoms with Gasteiger partial charge in [0.2, 0.25) is 0 Å². The molecule has 0 fully saturated rings. The fourth-order valence-corrected chi connectivity index (χ4v) is 3.67. The molecule has 0 nitrogen and oxygen atoms in total. The molecule has 0 aliphatic carbocycles. The average Bonchev–Trinajstić information content (AvgIpc) is 2.65. The van der Waals surface area contributed by atoms with E-state index < -0.39 is 0 Å². The van der Waals surface area contributed by atoms with Crippen LogP contribution in [0.3, 0.4) is 0 Å². The van der Waals surface area contributed by atoms with Gasteiger partial charge in [-0.1, -0.05) is 91.0 Å². The second kappa shape index (κ2) is 7.57. The molecule has 1 unspecified atom stereocenters. The highest BCUT2D eigenvalue weighted by Gasteiger charge is 2.35. The van der Waals surface area contributed by atoms with Crippen molar-refractivity contribution in [3.63, 3.8) is 0 Å². The molecule has 0 aliphatic rings. The fraction of sp³-hybridized carbons (Fsp3) is 0.182. The van der Waals surface area contributed by atoms with Gasteiger partial charge in [0, 0.05) is 5.41 Å². The topological polar surface area (TPSA) is 0 Å². The molecule has 0 bridgehead atoms. The third-order valence-corrected chi connectivity index (χ3v) is 4.96. The number of hydrogen-bond donors (Lipinski definition) is 0. The van der Waals surface area contributed by atoms with Crippen LogP contribution in [0.15, 0.2) is 91.0 Å². The first-order valence-corrected chi connectivity index (χ1v) is 9.06. The van der Waals surface area contributed by atoms with E-state index in [0.717, 1.165) is 12.6 Å². The van der Waals surface area contributed by atoms with E-state index in [0.29, 0.717) is 0 Å². The maximum absolute atomic E-state index is 2.87. The Balaban J connectivity index is 2.25. The Morgan fingerprint density at radius 2 is 0.913 bits per heavy atom. The SMILES string of the molecule is PCCCC(c1ccccc1)(c1ccccc1)c1ccccc1. The fourth-order valence-electron chi connectivity index (χ4n) is 3.47. The van der Waals surface area contributed by atoms with Gasteiger partial charge in [-0.25, -0.2) is 0 Å². The van der Waals surface area contributed by atoms with Crippen molar-refractivity contribution in [3.05, 3.63) is 108 Å².